The highest BCUT2D eigenvalue weighted by Gasteiger charge is 2.22. The molecule has 0 saturated carbocycles. The molecule has 1 fully saturated rings. The molecule has 29 heavy (non-hydrogen) atoms. The van der Waals surface area contributed by atoms with Crippen molar-refractivity contribution < 1.29 is 4.79 Å². The van der Waals surface area contributed by atoms with Crippen molar-refractivity contribution in [1.82, 2.24) is 20.4 Å². The first-order chi connectivity index (χ1) is 13.9. The van der Waals surface area contributed by atoms with Gasteiger partial charge < -0.3 is 31.6 Å². The molecule has 3 aliphatic rings. The Labute approximate surface area is 171 Å². The van der Waals surface area contributed by atoms with E-state index in [0.29, 0.717) is 31.2 Å². The lowest BCUT2D eigenvalue weighted by Gasteiger charge is -2.29. The summed E-state index contributed by atoms with van der Waals surface area (Å²) in [7, 11) is 1.85. The molecule has 1 amide bonds. The zero-order valence-corrected chi connectivity index (χ0v) is 17.2. The van der Waals surface area contributed by atoms with Crippen LogP contribution in [0.1, 0.15) is 20.3 Å². The van der Waals surface area contributed by atoms with Crippen LogP contribution in [0.4, 0.5) is 0 Å². The molecule has 0 radical (unpaired) electrons. The molecular weight excluding hydrogens is 366 g/mol. The molecule has 3 heterocycles. The highest BCUT2D eigenvalue weighted by atomic mass is 16.2. The Bertz CT molecular complexity index is 873. The van der Waals surface area contributed by atoms with Gasteiger partial charge in [0.05, 0.1) is 17.1 Å². The lowest BCUT2D eigenvalue weighted by atomic mass is 10.0. The minimum Gasteiger partial charge on any atom is -0.384 e. The number of carbonyl (C=O) groups is 1. The molecular formula is C21H29N7O. The van der Waals surface area contributed by atoms with Crippen molar-refractivity contribution in [3.63, 3.8) is 0 Å². The Morgan fingerprint density at radius 1 is 1.28 bits per heavy atom. The predicted octanol–water partition coefficient (Wildman–Crippen LogP) is 1.40. The summed E-state index contributed by atoms with van der Waals surface area (Å²) in [5.74, 6) is 1.37. The normalized spacial score (nSPS) is 20.6. The summed E-state index contributed by atoms with van der Waals surface area (Å²) in [5.41, 5.74) is 9.75. The van der Waals surface area contributed by atoms with Gasteiger partial charge in [-0.1, -0.05) is 13.8 Å². The zero-order chi connectivity index (χ0) is 21.0. The molecule has 154 valence electrons. The van der Waals surface area contributed by atoms with Crippen LogP contribution in [0.3, 0.4) is 0 Å². The van der Waals surface area contributed by atoms with Gasteiger partial charge in [0, 0.05) is 45.5 Å². The lowest BCUT2D eigenvalue weighted by molar-refractivity contribution is -0.129. The first kappa shape index (κ1) is 20.4. The molecule has 8 heteroatoms. The van der Waals surface area contributed by atoms with E-state index in [9.17, 15) is 4.79 Å². The van der Waals surface area contributed by atoms with Crippen molar-refractivity contribution in [1.29, 1.82) is 5.41 Å². The fourth-order valence-corrected chi connectivity index (χ4v) is 3.23. The molecule has 0 unspecified atom stereocenters. The van der Waals surface area contributed by atoms with E-state index in [1.165, 1.54) is 6.21 Å². The van der Waals surface area contributed by atoms with Crippen LogP contribution in [-0.4, -0.2) is 54.4 Å². The Morgan fingerprint density at radius 2 is 2.07 bits per heavy atom. The van der Waals surface area contributed by atoms with Crippen molar-refractivity contribution >= 4 is 18.0 Å². The molecule has 0 aromatic rings. The molecule has 0 atom stereocenters. The monoisotopic (exact) mass is 395 g/mol. The molecule has 5 N–H and O–H groups in total. The number of amides is 1. The van der Waals surface area contributed by atoms with Gasteiger partial charge in [0.2, 0.25) is 5.91 Å². The number of dihydropyridines is 2. The van der Waals surface area contributed by atoms with Gasteiger partial charge in [-0.3, -0.25) is 4.79 Å². The van der Waals surface area contributed by atoms with E-state index in [4.69, 9.17) is 11.1 Å². The average Bonchev–Trinajstić information content (AvgIpc) is 2.86. The van der Waals surface area contributed by atoms with Crippen LogP contribution >= 0.6 is 0 Å². The van der Waals surface area contributed by atoms with Crippen LogP contribution in [-0.2, 0) is 4.79 Å². The Balaban J connectivity index is 1.74. The van der Waals surface area contributed by atoms with Crippen LogP contribution in [0.25, 0.3) is 0 Å². The second-order valence-corrected chi connectivity index (χ2v) is 7.56. The zero-order valence-electron chi connectivity index (χ0n) is 17.2. The largest absolute Gasteiger partial charge is 0.384 e. The average molecular weight is 396 g/mol. The molecule has 3 aliphatic heterocycles. The maximum absolute atomic E-state index is 11.9. The number of rotatable bonds is 5. The molecule has 0 spiro atoms. The third-order valence-corrected chi connectivity index (χ3v) is 5.12. The second-order valence-electron chi connectivity index (χ2n) is 7.56. The standard InChI is InChI=1S/C21H29N7O/c1-14(2)15(12-22)10-19(23)26-20-5-4-17-18(25-20)11-16(13-24-17)28-7-6-21(29)27(3)8-9-28/h4-5,10-14,22,24-25H,6-9H2,1-3H3,(H2,23,26). The highest BCUT2D eigenvalue weighted by molar-refractivity contribution is 5.97. The van der Waals surface area contributed by atoms with E-state index in [1.54, 1.807) is 11.0 Å². The maximum Gasteiger partial charge on any atom is 0.224 e. The van der Waals surface area contributed by atoms with Gasteiger partial charge in [-0.25, -0.2) is 4.99 Å². The summed E-state index contributed by atoms with van der Waals surface area (Å²) in [6.07, 6.45) is 11.4. The van der Waals surface area contributed by atoms with Gasteiger partial charge >= 0.3 is 0 Å². The summed E-state index contributed by atoms with van der Waals surface area (Å²) in [5, 5.41) is 14.1. The van der Waals surface area contributed by atoms with Gasteiger partial charge in [-0.2, -0.15) is 0 Å². The van der Waals surface area contributed by atoms with Crippen LogP contribution in [0.15, 0.2) is 64.0 Å². The predicted molar refractivity (Wildman–Crippen MR) is 116 cm³/mol. The summed E-state index contributed by atoms with van der Waals surface area (Å²) in [4.78, 5) is 20.4. The van der Waals surface area contributed by atoms with Crippen LogP contribution in [0.2, 0.25) is 0 Å². The van der Waals surface area contributed by atoms with Crippen LogP contribution in [0, 0.1) is 11.3 Å². The van der Waals surface area contributed by atoms with E-state index in [2.05, 4.69) is 26.6 Å². The SMILES string of the molecule is CC(C)C(C=N)=CC(N)=NC1=CC=C2NC=C(N3CCC(=O)N(C)CC3)C=C2N1. The number of hydrogen-bond donors (Lipinski definition) is 4. The number of carbonyl (C=O) groups excluding carboxylic acids is 1. The third-order valence-electron chi connectivity index (χ3n) is 5.12. The van der Waals surface area contributed by atoms with E-state index >= 15 is 0 Å². The number of allylic oxidation sites excluding steroid dienone is 4. The number of nitrogens with zero attached hydrogens (tertiary/aromatic N) is 3. The molecule has 0 aromatic carbocycles. The van der Waals surface area contributed by atoms with Crippen molar-refractivity contribution in [2.45, 2.75) is 20.3 Å². The molecule has 0 aliphatic carbocycles. The van der Waals surface area contributed by atoms with Crippen molar-refractivity contribution in [3.8, 4) is 0 Å². The van der Waals surface area contributed by atoms with E-state index in [1.807, 2.05) is 39.2 Å². The fourth-order valence-electron chi connectivity index (χ4n) is 3.23. The minimum absolute atomic E-state index is 0.176. The first-order valence-corrected chi connectivity index (χ1v) is 9.80. The van der Waals surface area contributed by atoms with Gasteiger partial charge in [0.15, 0.2) is 0 Å². The highest BCUT2D eigenvalue weighted by Crippen LogP contribution is 2.22. The third kappa shape index (κ3) is 4.96. The Hall–Kier alpha value is -3.29. The van der Waals surface area contributed by atoms with E-state index in [-0.39, 0.29) is 11.8 Å². The first-order valence-electron chi connectivity index (χ1n) is 9.80. The fraction of sp³-hybridized carbons (Fsp3) is 0.381. The Kier molecular flexibility index (Phi) is 6.21. The number of amidine groups is 1. The maximum atomic E-state index is 11.9. The van der Waals surface area contributed by atoms with Crippen molar-refractivity contribution in [2.24, 2.45) is 16.6 Å². The summed E-state index contributed by atoms with van der Waals surface area (Å²) < 4.78 is 0. The molecule has 0 aromatic heterocycles. The number of likely N-dealkylation sites (N-methyl/N-ethyl adjacent to an activating group) is 1. The number of nitrogens with one attached hydrogen (secondary N) is 3. The van der Waals surface area contributed by atoms with Gasteiger partial charge in [0.25, 0.3) is 0 Å². The Morgan fingerprint density at radius 3 is 2.79 bits per heavy atom. The summed E-state index contributed by atoms with van der Waals surface area (Å²) in [6.45, 7) is 6.22. The number of fused-ring (bicyclic) bond motifs is 1. The van der Waals surface area contributed by atoms with E-state index in [0.717, 1.165) is 29.2 Å². The van der Waals surface area contributed by atoms with Crippen molar-refractivity contribution in [3.05, 3.63) is 59.0 Å². The van der Waals surface area contributed by atoms with Crippen LogP contribution < -0.4 is 16.4 Å². The van der Waals surface area contributed by atoms with Crippen LogP contribution in [0.5, 0.6) is 0 Å². The quantitative estimate of drug-likeness (QED) is 0.415. The number of aliphatic imine (C=N–C) groups is 1. The topological polar surface area (TPSA) is 110 Å². The molecule has 8 nitrogen and oxygen atoms in total. The van der Waals surface area contributed by atoms with Crippen molar-refractivity contribution in [2.75, 3.05) is 26.7 Å². The van der Waals surface area contributed by atoms with Gasteiger partial charge in [0.1, 0.15) is 11.7 Å². The number of nitrogens with two attached hydrogens (primary N) is 1. The summed E-state index contributed by atoms with van der Waals surface area (Å²) in [6, 6.07) is 0. The van der Waals surface area contributed by atoms with Gasteiger partial charge in [-0.05, 0) is 35.8 Å². The minimum atomic E-state index is 0.176. The molecule has 1 saturated heterocycles. The molecule has 3 rings (SSSR count). The smallest absolute Gasteiger partial charge is 0.224 e. The summed E-state index contributed by atoms with van der Waals surface area (Å²) >= 11 is 0. The van der Waals surface area contributed by atoms with E-state index < -0.39 is 0 Å². The van der Waals surface area contributed by atoms with Gasteiger partial charge in [-0.15, -0.1) is 0 Å². The lowest BCUT2D eigenvalue weighted by Crippen LogP contribution is -2.33. The number of hydrogen-bond acceptors (Lipinski definition) is 6. The second kappa shape index (κ2) is 8.81. The molecule has 0 bridgehead atoms.